The van der Waals surface area contributed by atoms with Gasteiger partial charge in [0.1, 0.15) is 11.5 Å². The van der Waals surface area contributed by atoms with E-state index in [2.05, 4.69) is 28.9 Å². The number of benzene rings is 1. The van der Waals surface area contributed by atoms with E-state index in [0.29, 0.717) is 5.02 Å². The van der Waals surface area contributed by atoms with E-state index in [9.17, 15) is 0 Å². The predicted molar refractivity (Wildman–Crippen MR) is 69.4 cm³/mol. The zero-order valence-corrected chi connectivity index (χ0v) is 11.0. The average molecular weight is 298 g/mol. The van der Waals surface area contributed by atoms with Crippen molar-refractivity contribution in [2.45, 2.75) is 17.2 Å². The molecule has 3 heteroatoms. The van der Waals surface area contributed by atoms with Crippen LogP contribution in [0.2, 0.25) is 5.02 Å². The maximum atomic E-state index is 5.98. The molecule has 16 heavy (non-hydrogen) atoms. The molecule has 0 bridgehead atoms. The van der Waals surface area contributed by atoms with Crippen LogP contribution < -0.4 is 4.74 Å². The highest BCUT2D eigenvalue weighted by Gasteiger charge is 2.46. The van der Waals surface area contributed by atoms with Gasteiger partial charge >= 0.3 is 0 Å². The van der Waals surface area contributed by atoms with Crippen LogP contribution in [0.25, 0.3) is 0 Å². The van der Waals surface area contributed by atoms with Gasteiger partial charge in [-0.05, 0) is 25.1 Å². The third kappa shape index (κ3) is 1.23. The second-order valence-corrected chi connectivity index (χ2v) is 5.69. The van der Waals surface area contributed by atoms with Crippen molar-refractivity contribution in [3.8, 4) is 5.75 Å². The molecule has 0 aromatic heterocycles. The average Bonchev–Trinajstić information content (AvgIpc) is 2.53. The maximum Gasteiger partial charge on any atom is 0.132 e. The van der Waals surface area contributed by atoms with Gasteiger partial charge in [0.15, 0.2) is 0 Å². The zero-order chi connectivity index (χ0) is 11.3. The Labute approximate surface area is 108 Å². The molecule has 0 radical (unpaired) electrons. The van der Waals surface area contributed by atoms with E-state index in [1.165, 1.54) is 5.56 Å². The van der Waals surface area contributed by atoms with E-state index in [0.717, 1.165) is 11.5 Å². The van der Waals surface area contributed by atoms with E-state index >= 15 is 0 Å². The molecule has 1 aromatic rings. The quantitative estimate of drug-likeness (QED) is 0.652. The Hall–Kier alpha value is -0.730. The first-order valence-corrected chi connectivity index (χ1v) is 6.42. The number of hydrogen-bond acceptors (Lipinski definition) is 1. The molecule has 0 saturated carbocycles. The van der Waals surface area contributed by atoms with Crippen molar-refractivity contribution < 1.29 is 4.74 Å². The van der Waals surface area contributed by atoms with Gasteiger partial charge in [0, 0.05) is 15.4 Å². The number of rotatable bonds is 0. The van der Waals surface area contributed by atoms with Crippen molar-refractivity contribution in [3.63, 3.8) is 0 Å². The minimum absolute atomic E-state index is 0.116. The van der Waals surface area contributed by atoms with Crippen LogP contribution >= 0.6 is 27.5 Å². The maximum absolute atomic E-state index is 5.98. The molecule has 1 aromatic carbocycles. The summed E-state index contributed by atoms with van der Waals surface area (Å²) in [5.41, 5.74) is 1.07. The molecule has 2 aliphatic rings. The summed E-state index contributed by atoms with van der Waals surface area (Å²) >= 11 is 9.67. The summed E-state index contributed by atoms with van der Waals surface area (Å²) in [7, 11) is 0. The van der Waals surface area contributed by atoms with Crippen molar-refractivity contribution in [1.29, 1.82) is 0 Å². The Morgan fingerprint density at radius 3 is 3.06 bits per heavy atom. The molecular weight excluding hydrogens is 287 g/mol. The van der Waals surface area contributed by atoms with Crippen LogP contribution in [0.3, 0.4) is 0 Å². The molecular formula is C13H10BrClO. The molecule has 0 fully saturated rings. The predicted octanol–water partition coefficient (Wildman–Crippen LogP) is 4.21. The summed E-state index contributed by atoms with van der Waals surface area (Å²) in [5, 5.41) is 0.709. The lowest BCUT2D eigenvalue weighted by Gasteiger charge is -2.30. The Morgan fingerprint density at radius 1 is 1.44 bits per heavy atom. The van der Waals surface area contributed by atoms with Crippen LogP contribution in [0.4, 0.5) is 0 Å². The Bertz CT molecular complexity index is 521. The van der Waals surface area contributed by atoms with Crippen LogP contribution in [-0.2, 0) is 5.41 Å². The lowest BCUT2D eigenvalue weighted by atomic mass is 9.77. The van der Waals surface area contributed by atoms with Crippen molar-refractivity contribution in [3.05, 3.63) is 52.8 Å². The molecule has 0 saturated heterocycles. The summed E-state index contributed by atoms with van der Waals surface area (Å²) < 4.78 is 5.86. The highest BCUT2D eigenvalue weighted by molar-refractivity contribution is 9.09. The number of alkyl halides is 1. The van der Waals surface area contributed by atoms with Gasteiger partial charge in [-0.25, -0.2) is 0 Å². The monoisotopic (exact) mass is 296 g/mol. The molecule has 1 nitrogen and oxygen atoms in total. The van der Waals surface area contributed by atoms with Gasteiger partial charge in [-0.1, -0.05) is 45.7 Å². The van der Waals surface area contributed by atoms with Gasteiger partial charge in [-0.2, -0.15) is 0 Å². The first-order chi connectivity index (χ1) is 7.62. The SMILES string of the molecule is C[C@@]12C(=CC=CC1Br)Oc1cc(Cl)ccc12. The Morgan fingerprint density at radius 2 is 2.25 bits per heavy atom. The van der Waals surface area contributed by atoms with Gasteiger partial charge in [0.25, 0.3) is 0 Å². The highest BCUT2D eigenvalue weighted by atomic mass is 79.9. The van der Waals surface area contributed by atoms with Gasteiger partial charge in [0.2, 0.25) is 0 Å². The summed E-state index contributed by atoms with van der Waals surface area (Å²) in [5.74, 6) is 1.85. The van der Waals surface area contributed by atoms with Crippen LogP contribution in [0.1, 0.15) is 12.5 Å². The minimum atomic E-state index is -0.116. The molecule has 1 unspecified atom stereocenters. The molecule has 2 atom stereocenters. The smallest absolute Gasteiger partial charge is 0.132 e. The molecule has 1 aliphatic heterocycles. The molecule has 1 heterocycles. The van der Waals surface area contributed by atoms with Crippen LogP contribution in [0.15, 0.2) is 42.2 Å². The summed E-state index contributed by atoms with van der Waals surface area (Å²) in [6.45, 7) is 2.18. The van der Waals surface area contributed by atoms with Crippen LogP contribution in [0.5, 0.6) is 5.75 Å². The Kier molecular flexibility index (Phi) is 2.20. The van der Waals surface area contributed by atoms with Crippen LogP contribution in [0, 0.1) is 0 Å². The van der Waals surface area contributed by atoms with Gasteiger partial charge in [0.05, 0.1) is 5.41 Å². The van der Waals surface area contributed by atoms with Gasteiger partial charge in [-0.3, -0.25) is 0 Å². The zero-order valence-electron chi connectivity index (χ0n) is 8.71. The van der Waals surface area contributed by atoms with Crippen molar-refractivity contribution in [2.75, 3.05) is 0 Å². The van der Waals surface area contributed by atoms with E-state index in [4.69, 9.17) is 16.3 Å². The minimum Gasteiger partial charge on any atom is -0.460 e. The topological polar surface area (TPSA) is 9.23 Å². The summed E-state index contributed by atoms with van der Waals surface area (Å²) in [6.07, 6.45) is 6.17. The second kappa shape index (κ2) is 3.38. The van der Waals surface area contributed by atoms with E-state index < -0.39 is 0 Å². The fraction of sp³-hybridized carbons (Fsp3) is 0.231. The lowest BCUT2D eigenvalue weighted by molar-refractivity contribution is 0.382. The largest absolute Gasteiger partial charge is 0.460 e. The normalized spacial score (nSPS) is 30.4. The van der Waals surface area contributed by atoms with Gasteiger partial charge in [-0.15, -0.1) is 0 Å². The number of halogens is 2. The third-order valence-corrected chi connectivity index (χ3v) is 4.77. The highest BCUT2D eigenvalue weighted by Crippen LogP contribution is 2.51. The molecule has 0 spiro atoms. The Balaban J connectivity index is 2.23. The van der Waals surface area contributed by atoms with Crippen LogP contribution in [-0.4, -0.2) is 4.83 Å². The first kappa shape index (κ1) is 10.4. The van der Waals surface area contributed by atoms with E-state index in [1.54, 1.807) is 0 Å². The number of allylic oxidation sites excluding steroid dienone is 4. The summed E-state index contributed by atoms with van der Waals surface area (Å²) in [4.78, 5) is 0.252. The molecule has 1 aliphatic carbocycles. The van der Waals surface area contributed by atoms with Crippen molar-refractivity contribution in [2.24, 2.45) is 0 Å². The fourth-order valence-corrected chi connectivity index (χ4v) is 3.10. The lowest BCUT2D eigenvalue weighted by Crippen LogP contribution is -2.32. The molecule has 0 amide bonds. The number of fused-ring (bicyclic) bond motifs is 3. The van der Waals surface area contributed by atoms with E-state index in [1.807, 2.05) is 30.4 Å². The number of ether oxygens (including phenoxy) is 1. The van der Waals surface area contributed by atoms with Crippen molar-refractivity contribution >= 4 is 27.5 Å². The first-order valence-electron chi connectivity index (χ1n) is 5.13. The molecule has 82 valence electrons. The standard InChI is InChI=1S/C13H10BrClO/c1-13-9-6-5-8(15)7-10(9)16-12(13)4-2-3-11(13)14/h2-7,11H,1H3/t11?,13-/m0/s1. The van der Waals surface area contributed by atoms with Gasteiger partial charge < -0.3 is 4.74 Å². The fourth-order valence-electron chi connectivity index (χ4n) is 2.29. The number of hydrogen-bond donors (Lipinski definition) is 0. The molecule has 3 rings (SSSR count). The molecule has 0 N–H and O–H groups in total. The van der Waals surface area contributed by atoms with E-state index in [-0.39, 0.29) is 10.2 Å². The van der Waals surface area contributed by atoms with Crippen molar-refractivity contribution in [1.82, 2.24) is 0 Å². The third-order valence-electron chi connectivity index (χ3n) is 3.31. The summed E-state index contributed by atoms with van der Waals surface area (Å²) in [6, 6.07) is 5.84. The second-order valence-electron chi connectivity index (χ2n) is 4.26.